The molecule has 0 aromatic rings. The van der Waals surface area contributed by atoms with Gasteiger partial charge in [0.2, 0.25) is 0 Å². The summed E-state index contributed by atoms with van der Waals surface area (Å²) in [5.74, 6) is 2.07. The van der Waals surface area contributed by atoms with Crippen molar-refractivity contribution >= 4 is 11.6 Å². The van der Waals surface area contributed by atoms with Crippen LogP contribution in [0.15, 0.2) is 11.6 Å². The molecule has 0 heterocycles. The van der Waals surface area contributed by atoms with Crippen molar-refractivity contribution in [2.24, 2.45) is 29.1 Å². The first kappa shape index (κ1) is 27.8. The molecule has 0 aromatic heterocycles. The lowest BCUT2D eigenvalue weighted by atomic mass is 9.77. The Morgan fingerprint density at radius 2 is 1.29 bits per heavy atom. The Bertz CT molecular complexity index is 407. The largest absolute Gasteiger partial charge is 0.344 e. The third-order valence-corrected chi connectivity index (χ3v) is 4.72. The maximum absolute atomic E-state index is 11.7. The van der Waals surface area contributed by atoms with Crippen molar-refractivity contribution in [3.63, 3.8) is 0 Å². The molecule has 1 aliphatic carbocycles. The predicted octanol–water partition coefficient (Wildman–Crippen LogP) is 5.79. The molecule has 0 bridgehead atoms. The molecule has 0 amide bonds. The van der Waals surface area contributed by atoms with E-state index < -0.39 is 0 Å². The van der Waals surface area contributed by atoms with Gasteiger partial charge in [-0.2, -0.15) is 0 Å². The molecule has 24 heavy (non-hydrogen) atoms. The van der Waals surface area contributed by atoms with Gasteiger partial charge < -0.3 is 12.3 Å². The highest BCUT2D eigenvalue weighted by molar-refractivity contribution is 5.91. The average Bonchev–Trinajstić information content (AvgIpc) is 2.33. The second kappa shape index (κ2) is 11.5. The molecule has 4 heteroatoms. The van der Waals surface area contributed by atoms with Crippen molar-refractivity contribution in [2.75, 3.05) is 0 Å². The van der Waals surface area contributed by atoms with Gasteiger partial charge in [-0.05, 0) is 36.7 Å². The summed E-state index contributed by atoms with van der Waals surface area (Å²) in [6, 6.07) is 0. The van der Waals surface area contributed by atoms with Crippen LogP contribution in [0.2, 0.25) is 0 Å². The summed E-state index contributed by atoms with van der Waals surface area (Å²) in [5.41, 5.74) is 1.43. The van der Waals surface area contributed by atoms with E-state index in [1.807, 2.05) is 20.8 Å². The van der Waals surface area contributed by atoms with E-state index >= 15 is 0 Å². The number of carbonyl (C=O) groups is 2. The number of carbonyl (C=O) groups excluding carboxylic acids is 2. The fourth-order valence-electron chi connectivity index (χ4n) is 2.74. The lowest BCUT2D eigenvalue weighted by Gasteiger charge is -2.27. The zero-order chi connectivity index (χ0) is 17.7. The molecule has 0 aliphatic heterocycles. The minimum atomic E-state index is 0. The SMILES string of the molecule is CC(C)C(C)C(=O)C(C)C(C)C.CC1=CC(=O)CC(C)(C)C1.N.N. The summed E-state index contributed by atoms with van der Waals surface area (Å²) in [7, 11) is 0. The van der Waals surface area contributed by atoms with Gasteiger partial charge in [-0.1, -0.05) is 61.0 Å². The summed E-state index contributed by atoms with van der Waals surface area (Å²) < 4.78 is 0. The third-order valence-electron chi connectivity index (χ3n) is 4.72. The lowest BCUT2D eigenvalue weighted by Crippen LogP contribution is -2.26. The Kier molecular flexibility index (Phi) is 13.4. The number of allylic oxidation sites excluding steroid dienone is 2. The number of rotatable bonds is 4. The second-order valence-corrected chi connectivity index (χ2v) is 8.44. The molecular formula is C20H42N2O2. The van der Waals surface area contributed by atoms with E-state index in [1.165, 1.54) is 5.57 Å². The fourth-order valence-corrected chi connectivity index (χ4v) is 2.74. The lowest BCUT2D eigenvalue weighted by molar-refractivity contribution is -0.128. The molecule has 2 atom stereocenters. The molecule has 1 aliphatic rings. The molecule has 0 radical (unpaired) electrons. The second-order valence-electron chi connectivity index (χ2n) is 8.44. The summed E-state index contributed by atoms with van der Waals surface area (Å²) in [5, 5.41) is 0. The first-order chi connectivity index (χ1) is 9.87. The Morgan fingerprint density at radius 1 is 0.917 bits per heavy atom. The molecule has 0 saturated heterocycles. The molecular weight excluding hydrogens is 300 g/mol. The van der Waals surface area contributed by atoms with E-state index in [-0.39, 0.29) is 35.3 Å². The van der Waals surface area contributed by atoms with E-state index in [0.717, 1.165) is 6.42 Å². The monoisotopic (exact) mass is 342 g/mol. The Labute approximate surface area is 150 Å². The number of ketones is 2. The van der Waals surface area contributed by atoms with Crippen molar-refractivity contribution in [3.8, 4) is 0 Å². The number of hydrogen-bond donors (Lipinski definition) is 2. The van der Waals surface area contributed by atoms with Gasteiger partial charge in [0.1, 0.15) is 5.78 Å². The highest BCUT2D eigenvalue weighted by atomic mass is 16.1. The van der Waals surface area contributed by atoms with Crippen LogP contribution in [-0.2, 0) is 9.59 Å². The predicted molar refractivity (Wildman–Crippen MR) is 105 cm³/mol. The van der Waals surface area contributed by atoms with Gasteiger partial charge in [0, 0.05) is 18.3 Å². The Morgan fingerprint density at radius 3 is 1.54 bits per heavy atom. The number of Topliss-reactive ketones (excluding diaryl/α,β-unsaturated/α-hetero) is 1. The summed E-state index contributed by atoms with van der Waals surface area (Å²) in [6.07, 6.45) is 3.55. The van der Waals surface area contributed by atoms with Crippen molar-refractivity contribution in [3.05, 3.63) is 11.6 Å². The normalized spacial score (nSPS) is 18.5. The van der Waals surface area contributed by atoms with E-state index in [1.54, 1.807) is 6.08 Å². The van der Waals surface area contributed by atoms with Crippen molar-refractivity contribution in [2.45, 2.75) is 75.2 Å². The molecule has 0 aromatic carbocycles. The van der Waals surface area contributed by atoms with Gasteiger partial charge >= 0.3 is 0 Å². The highest BCUT2D eigenvalue weighted by Crippen LogP contribution is 2.32. The van der Waals surface area contributed by atoms with Crippen LogP contribution in [0.4, 0.5) is 0 Å². The highest BCUT2D eigenvalue weighted by Gasteiger charge is 2.25. The topological polar surface area (TPSA) is 104 Å². The minimum Gasteiger partial charge on any atom is -0.344 e. The molecule has 0 spiro atoms. The van der Waals surface area contributed by atoms with E-state index in [2.05, 4.69) is 41.5 Å². The van der Waals surface area contributed by atoms with Crippen LogP contribution in [0.25, 0.3) is 0 Å². The van der Waals surface area contributed by atoms with E-state index in [9.17, 15) is 9.59 Å². The molecule has 0 fully saturated rings. The van der Waals surface area contributed by atoms with Gasteiger partial charge in [-0.25, -0.2) is 0 Å². The van der Waals surface area contributed by atoms with Gasteiger partial charge in [0.15, 0.2) is 5.78 Å². The van der Waals surface area contributed by atoms with Crippen LogP contribution in [-0.4, -0.2) is 11.6 Å². The van der Waals surface area contributed by atoms with Crippen LogP contribution in [0, 0.1) is 29.1 Å². The van der Waals surface area contributed by atoms with Gasteiger partial charge in [-0.15, -0.1) is 0 Å². The maximum Gasteiger partial charge on any atom is 0.156 e. The molecule has 4 nitrogen and oxygen atoms in total. The van der Waals surface area contributed by atoms with Crippen LogP contribution in [0.3, 0.4) is 0 Å². The number of hydrogen-bond acceptors (Lipinski definition) is 4. The van der Waals surface area contributed by atoms with Crippen LogP contribution in [0.1, 0.15) is 75.2 Å². The quantitative estimate of drug-likeness (QED) is 0.675. The zero-order valence-electron chi connectivity index (χ0n) is 17.5. The van der Waals surface area contributed by atoms with Gasteiger partial charge in [0.05, 0.1) is 0 Å². The summed E-state index contributed by atoms with van der Waals surface area (Å²) in [6.45, 7) is 18.8. The standard InChI is InChI=1S/C11H22O.C9H14O.2H3N/c1-7(2)9(5)11(12)10(6)8(3)4;1-7-4-8(10)6-9(2,3)5-7;;/h7-10H,1-6H3;4H,5-6H2,1-3H3;2*1H3. The van der Waals surface area contributed by atoms with E-state index in [0.29, 0.717) is 24.0 Å². The van der Waals surface area contributed by atoms with Crippen LogP contribution in [0.5, 0.6) is 0 Å². The first-order valence-electron chi connectivity index (χ1n) is 8.61. The van der Waals surface area contributed by atoms with Crippen molar-refractivity contribution in [1.82, 2.24) is 12.3 Å². The van der Waals surface area contributed by atoms with Crippen LogP contribution < -0.4 is 12.3 Å². The van der Waals surface area contributed by atoms with Crippen LogP contribution >= 0.6 is 0 Å². The maximum atomic E-state index is 11.7. The third kappa shape index (κ3) is 9.99. The van der Waals surface area contributed by atoms with Crippen molar-refractivity contribution < 1.29 is 9.59 Å². The molecule has 6 N–H and O–H groups in total. The summed E-state index contributed by atoms with van der Waals surface area (Å²) >= 11 is 0. The minimum absolute atomic E-state index is 0. The summed E-state index contributed by atoms with van der Waals surface area (Å²) in [4.78, 5) is 22.7. The zero-order valence-corrected chi connectivity index (χ0v) is 17.5. The fraction of sp³-hybridized carbons (Fsp3) is 0.800. The van der Waals surface area contributed by atoms with Gasteiger partial charge in [-0.3, -0.25) is 9.59 Å². The first-order valence-corrected chi connectivity index (χ1v) is 8.61. The molecule has 0 saturated carbocycles. The van der Waals surface area contributed by atoms with Gasteiger partial charge in [0.25, 0.3) is 0 Å². The van der Waals surface area contributed by atoms with Crippen molar-refractivity contribution in [1.29, 1.82) is 0 Å². The smallest absolute Gasteiger partial charge is 0.156 e. The Hall–Kier alpha value is -1.00. The molecule has 2 unspecified atom stereocenters. The molecule has 1 rings (SSSR count). The van der Waals surface area contributed by atoms with E-state index in [4.69, 9.17) is 0 Å². The Balaban J connectivity index is -0.000000342. The average molecular weight is 343 g/mol. The molecule has 144 valence electrons.